The second-order valence-electron chi connectivity index (χ2n) is 9.06. The number of aryl methyl sites for hydroxylation is 1. The Morgan fingerprint density at radius 2 is 1.88 bits per heavy atom. The molecule has 0 aliphatic carbocycles. The van der Waals surface area contributed by atoms with Gasteiger partial charge in [0.25, 0.3) is 0 Å². The number of hydrogen-bond acceptors (Lipinski definition) is 5. The molecule has 2 saturated heterocycles. The predicted molar refractivity (Wildman–Crippen MR) is 126 cm³/mol. The number of hydrogen-bond donors (Lipinski definition) is 2. The van der Waals surface area contributed by atoms with Crippen LogP contribution in [-0.4, -0.2) is 66.1 Å². The summed E-state index contributed by atoms with van der Waals surface area (Å²) in [5.74, 6) is 0.697. The molecule has 0 spiro atoms. The molecule has 33 heavy (non-hydrogen) atoms. The first-order valence-electron chi connectivity index (χ1n) is 11.6. The van der Waals surface area contributed by atoms with Crippen molar-refractivity contribution in [1.82, 2.24) is 15.1 Å². The van der Waals surface area contributed by atoms with Crippen LogP contribution in [-0.2, 0) is 21.7 Å². The summed E-state index contributed by atoms with van der Waals surface area (Å²) >= 11 is 0. The fraction of sp³-hybridized carbons (Fsp3) is 0.462. The molecule has 2 aromatic carbocycles. The minimum Gasteiger partial charge on any atom is -0.496 e. The van der Waals surface area contributed by atoms with Crippen LogP contribution in [0.5, 0.6) is 5.75 Å². The van der Waals surface area contributed by atoms with E-state index < -0.39 is 11.6 Å². The lowest BCUT2D eigenvalue weighted by molar-refractivity contribution is -0.142. The summed E-state index contributed by atoms with van der Waals surface area (Å²) in [6.45, 7) is 4.84. The minimum atomic E-state index is -0.904. The zero-order valence-corrected chi connectivity index (χ0v) is 19.4. The van der Waals surface area contributed by atoms with E-state index in [2.05, 4.69) is 16.3 Å². The first-order valence-corrected chi connectivity index (χ1v) is 11.6. The molecule has 0 aromatic heterocycles. The highest BCUT2D eigenvalue weighted by atomic mass is 16.5. The van der Waals surface area contributed by atoms with Crippen LogP contribution in [0.4, 0.5) is 0 Å². The minimum absolute atomic E-state index is 0.0388. The van der Waals surface area contributed by atoms with Gasteiger partial charge in [-0.25, -0.2) is 0 Å². The second kappa shape index (κ2) is 9.93. The van der Waals surface area contributed by atoms with Gasteiger partial charge in [-0.05, 0) is 42.5 Å². The maximum absolute atomic E-state index is 13.1. The van der Waals surface area contributed by atoms with Crippen molar-refractivity contribution in [1.29, 1.82) is 0 Å². The molecule has 1 unspecified atom stereocenters. The number of amides is 2. The van der Waals surface area contributed by atoms with Crippen molar-refractivity contribution < 1.29 is 19.4 Å². The average Bonchev–Trinajstić information content (AvgIpc) is 2.82. The van der Waals surface area contributed by atoms with E-state index in [9.17, 15) is 14.7 Å². The lowest BCUT2D eigenvalue weighted by atomic mass is 9.84. The number of aliphatic hydroxyl groups is 1. The van der Waals surface area contributed by atoms with Gasteiger partial charge in [0.2, 0.25) is 11.8 Å². The number of rotatable bonds is 6. The van der Waals surface area contributed by atoms with Crippen LogP contribution in [0.1, 0.15) is 36.0 Å². The third kappa shape index (κ3) is 5.20. The molecule has 0 bridgehead atoms. The third-order valence-electron chi connectivity index (χ3n) is 6.91. The van der Waals surface area contributed by atoms with E-state index in [-0.39, 0.29) is 18.2 Å². The van der Waals surface area contributed by atoms with Gasteiger partial charge < -0.3 is 20.1 Å². The third-order valence-corrected chi connectivity index (χ3v) is 6.91. The van der Waals surface area contributed by atoms with E-state index in [0.717, 1.165) is 22.4 Å². The molecular weight excluding hydrogens is 418 g/mol. The molecule has 176 valence electrons. The zero-order valence-electron chi connectivity index (χ0n) is 19.4. The monoisotopic (exact) mass is 451 g/mol. The molecule has 2 N–H and O–H groups in total. The number of nitrogens with zero attached hydrogens (tertiary/aromatic N) is 2. The van der Waals surface area contributed by atoms with Crippen LogP contribution >= 0.6 is 0 Å². The Hall–Kier alpha value is -2.90. The van der Waals surface area contributed by atoms with Crippen LogP contribution in [0.25, 0.3) is 0 Å². The quantitative estimate of drug-likeness (QED) is 0.704. The highest BCUT2D eigenvalue weighted by molar-refractivity contribution is 5.89. The van der Waals surface area contributed by atoms with Gasteiger partial charge in [-0.15, -0.1) is 0 Å². The van der Waals surface area contributed by atoms with Crippen LogP contribution in [0.15, 0.2) is 48.5 Å². The molecule has 7 heteroatoms. The smallest absolute Gasteiger partial charge is 0.237 e. The van der Waals surface area contributed by atoms with Gasteiger partial charge in [-0.3, -0.25) is 14.5 Å². The van der Waals surface area contributed by atoms with Crippen LogP contribution < -0.4 is 10.1 Å². The number of piperazine rings is 1. The number of piperidine rings is 1. The van der Waals surface area contributed by atoms with Crippen LogP contribution in [0.2, 0.25) is 0 Å². The zero-order chi connectivity index (χ0) is 23.4. The first-order chi connectivity index (χ1) is 15.9. The predicted octanol–water partition coefficient (Wildman–Crippen LogP) is 2.20. The Kier molecular flexibility index (Phi) is 7.00. The van der Waals surface area contributed by atoms with Gasteiger partial charge in [-0.2, -0.15) is 0 Å². The topological polar surface area (TPSA) is 82.1 Å². The van der Waals surface area contributed by atoms with Crippen molar-refractivity contribution in [3.05, 3.63) is 65.2 Å². The number of carbonyl (C=O) groups excluding carboxylic acids is 2. The molecule has 2 amide bonds. The number of benzene rings is 2. The molecule has 7 nitrogen and oxygen atoms in total. The summed E-state index contributed by atoms with van der Waals surface area (Å²) in [6, 6.07) is 15.2. The van der Waals surface area contributed by atoms with Gasteiger partial charge in [0, 0.05) is 32.7 Å². The van der Waals surface area contributed by atoms with Gasteiger partial charge in [0.15, 0.2) is 0 Å². The number of carbonyl (C=O) groups is 2. The lowest BCUT2D eigenvalue weighted by Crippen LogP contribution is -2.56. The van der Waals surface area contributed by atoms with Crippen molar-refractivity contribution in [3.63, 3.8) is 0 Å². The number of likely N-dealkylation sites (tertiary alicyclic amines) is 1. The summed E-state index contributed by atoms with van der Waals surface area (Å²) in [6.07, 6.45) is 1.13. The average molecular weight is 452 g/mol. The maximum atomic E-state index is 13.1. The normalized spacial score (nSPS) is 20.9. The van der Waals surface area contributed by atoms with Gasteiger partial charge in [0.1, 0.15) is 5.75 Å². The molecule has 4 rings (SSSR count). The Bertz CT molecular complexity index is 986. The fourth-order valence-corrected chi connectivity index (χ4v) is 4.90. The Morgan fingerprint density at radius 1 is 1.15 bits per heavy atom. The van der Waals surface area contributed by atoms with E-state index in [1.54, 1.807) is 12.0 Å². The fourth-order valence-electron chi connectivity index (χ4n) is 4.90. The van der Waals surface area contributed by atoms with Crippen LogP contribution in [0.3, 0.4) is 0 Å². The van der Waals surface area contributed by atoms with Crippen LogP contribution in [0, 0.1) is 6.92 Å². The summed E-state index contributed by atoms with van der Waals surface area (Å²) in [5, 5.41) is 14.0. The lowest BCUT2D eigenvalue weighted by Gasteiger charge is -2.40. The van der Waals surface area contributed by atoms with E-state index in [0.29, 0.717) is 45.6 Å². The SMILES string of the molecule is COc1ccc(CN2CCNC(=O)C2CC(=O)N2CCC(O)(c3ccccc3)CC2)cc1C. The molecule has 2 heterocycles. The summed E-state index contributed by atoms with van der Waals surface area (Å²) in [5.41, 5.74) is 2.12. The van der Waals surface area contributed by atoms with Crippen molar-refractivity contribution in [3.8, 4) is 5.75 Å². The number of nitrogens with one attached hydrogen (secondary N) is 1. The Balaban J connectivity index is 1.39. The van der Waals surface area contributed by atoms with Crippen molar-refractivity contribution in [2.75, 3.05) is 33.3 Å². The van der Waals surface area contributed by atoms with E-state index in [4.69, 9.17) is 4.74 Å². The largest absolute Gasteiger partial charge is 0.496 e. The van der Waals surface area contributed by atoms with Gasteiger partial charge in [0.05, 0.1) is 25.2 Å². The highest BCUT2D eigenvalue weighted by Crippen LogP contribution is 2.33. The molecule has 2 aromatic rings. The van der Waals surface area contributed by atoms with Gasteiger partial charge in [-0.1, -0.05) is 42.5 Å². The van der Waals surface area contributed by atoms with Crippen molar-refractivity contribution in [2.45, 2.75) is 44.4 Å². The standard InChI is InChI=1S/C26H33N3O4/c1-19-16-20(8-9-23(19)33-2)18-29-15-12-27-25(31)22(29)17-24(30)28-13-10-26(32,11-14-28)21-6-4-3-5-7-21/h3-9,16,22,32H,10-15,17-18H2,1-2H3,(H,27,31). The molecule has 2 fully saturated rings. The van der Waals surface area contributed by atoms with E-state index in [1.165, 1.54) is 0 Å². The second-order valence-corrected chi connectivity index (χ2v) is 9.06. The molecule has 0 saturated carbocycles. The summed E-state index contributed by atoms with van der Waals surface area (Å²) in [7, 11) is 1.65. The summed E-state index contributed by atoms with van der Waals surface area (Å²) in [4.78, 5) is 29.7. The van der Waals surface area contributed by atoms with E-state index in [1.807, 2.05) is 49.4 Å². The Morgan fingerprint density at radius 3 is 2.55 bits per heavy atom. The van der Waals surface area contributed by atoms with E-state index >= 15 is 0 Å². The molecule has 2 aliphatic rings. The first kappa shape index (κ1) is 23.3. The number of ether oxygens (including phenoxy) is 1. The van der Waals surface area contributed by atoms with Crippen molar-refractivity contribution in [2.24, 2.45) is 0 Å². The highest BCUT2D eigenvalue weighted by Gasteiger charge is 2.38. The molecule has 1 atom stereocenters. The maximum Gasteiger partial charge on any atom is 0.237 e. The number of methoxy groups -OCH3 is 1. The van der Waals surface area contributed by atoms with Gasteiger partial charge >= 0.3 is 0 Å². The molecular formula is C26H33N3O4. The molecule has 2 aliphatic heterocycles. The molecule has 0 radical (unpaired) electrons. The van der Waals surface area contributed by atoms with Crippen molar-refractivity contribution >= 4 is 11.8 Å². The Labute approximate surface area is 195 Å². The summed E-state index contributed by atoms with van der Waals surface area (Å²) < 4.78 is 5.35.